The first-order valence-electron chi connectivity index (χ1n) is 37.1. The lowest BCUT2D eigenvalue weighted by atomic mass is 9.34. The number of aryl methyl sites for hydroxylation is 1. The van der Waals surface area contributed by atoms with E-state index >= 15 is 0 Å². The van der Waals surface area contributed by atoms with Gasteiger partial charge >= 0.3 is 0 Å². The molecule has 0 radical (unpaired) electrons. The summed E-state index contributed by atoms with van der Waals surface area (Å²) in [6, 6.07) is 115. The Morgan fingerprint density at radius 1 is 0.321 bits per heavy atom. The molecule has 10 heteroatoms. The zero-order valence-electron chi connectivity index (χ0n) is 58.1. The molecule has 0 saturated carbocycles. The number of nitrogens with zero attached hydrogens (tertiary/aromatic N) is 7. The van der Waals surface area contributed by atoms with Crippen molar-refractivity contribution in [2.24, 2.45) is 0 Å². The predicted molar refractivity (Wildman–Crippen MR) is 441 cm³/mol. The number of hydrogen-bond donors (Lipinski definition) is 0. The number of hydrogen-bond acceptors (Lipinski definition) is 2. The number of anilines is 3. The van der Waals surface area contributed by atoms with Crippen molar-refractivity contribution >= 4 is 173 Å². The molecule has 21 aromatic rings. The highest BCUT2D eigenvalue weighted by Gasteiger charge is 2.48. The second-order valence-corrected chi connectivity index (χ2v) is 30.7. The van der Waals surface area contributed by atoms with E-state index in [1.165, 1.54) is 166 Å². The zero-order valence-corrected chi connectivity index (χ0v) is 58.1. The molecule has 14 aromatic carbocycles. The molecule has 11 heterocycles. The molecule has 4 aliphatic heterocycles. The molecule has 0 unspecified atom stereocenters. The van der Waals surface area contributed by atoms with Crippen LogP contribution in [0.15, 0.2) is 308 Å². The highest BCUT2D eigenvalue weighted by atomic mass is 16.3. The van der Waals surface area contributed by atoms with E-state index < -0.39 is 0 Å². The summed E-state index contributed by atoms with van der Waals surface area (Å²) in [5, 5.41) is 8.44. The highest BCUT2D eigenvalue weighted by molar-refractivity contribution is 7.01. The van der Waals surface area contributed by atoms with Crippen LogP contribution in [0.4, 0.5) is 17.1 Å². The quantitative estimate of drug-likeness (QED) is 0.156. The Balaban J connectivity index is 0.757. The summed E-state index contributed by atoms with van der Waals surface area (Å²) >= 11 is 0. The van der Waals surface area contributed by atoms with Crippen LogP contribution in [0.5, 0.6) is 0 Å². The number of fused-ring (bicyclic) bond motifs is 28. The summed E-state index contributed by atoms with van der Waals surface area (Å²) in [7, 11) is 0. The number of benzene rings is 14. The number of para-hydroxylation sites is 9. The molecule has 106 heavy (non-hydrogen) atoms. The Morgan fingerprint density at radius 2 is 0.792 bits per heavy atom. The third kappa shape index (κ3) is 6.65. The molecule has 0 amide bonds. The fraction of sp³-hybridized carbons (Fsp3) is 0.0417. The summed E-state index contributed by atoms with van der Waals surface area (Å²) in [5.74, 6) is 0. The van der Waals surface area contributed by atoms with E-state index in [9.17, 15) is 0 Å². The van der Waals surface area contributed by atoms with Crippen LogP contribution in [0.25, 0.3) is 166 Å². The van der Waals surface area contributed by atoms with E-state index in [0.29, 0.717) is 0 Å². The fourth-order valence-electron chi connectivity index (χ4n) is 21.2. The minimum Gasteiger partial charge on any atom is -0.454 e. The highest BCUT2D eigenvalue weighted by Crippen LogP contribution is 2.56. The van der Waals surface area contributed by atoms with E-state index in [1.54, 1.807) is 0 Å². The molecule has 0 N–H and O–H groups in total. The van der Waals surface area contributed by atoms with Gasteiger partial charge in [-0.25, -0.2) is 0 Å². The summed E-state index contributed by atoms with van der Waals surface area (Å²) in [4.78, 5) is 2.53. The molecule has 26 rings (SSSR count). The normalized spacial score (nSPS) is 13.8. The molecule has 1 aliphatic carbocycles. The van der Waals surface area contributed by atoms with E-state index in [-0.39, 0.29) is 18.8 Å². The Morgan fingerprint density at radius 3 is 1.43 bits per heavy atom. The van der Waals surface area contributed by atoms with Crippen LogP contribution in [0, 0.1) is 6.92 Å². The first-order chi connectivity index (χ1) is 52.3. The van der Waals surface area contributed by atoms with Crippen LogP contribution in [-0.4, -0.2) is 40.8 Å². The Bertz CT molecular complexity index is 7420. The van der Waals surface area contributed by atoms with Gasteiger partial charge in [-0.2, -0.15) is 0 Å². The van der Waals surface area contributed by atoms with Gasteiger partial charge in [0.15, 0.2) is 5.58 Å². The van der Waals surface area contributed by atoms with Crippen molar-refractivity contribution < 1.29 is 4.42 Å². The second-order valence-electron chi connectivity index (χ2n) is 30.7. The maximum atomic E-state index is 7.25. The Kier molecular flexibility index (Phi) is 10.3. The fourth-order valence-corrected chi connectivity index (χ4v) is 21.2. The first-order valence-corrected chi connectivity index (χ1v) is 37.1. The minimum atomic E-state index is -0.202. The van der Waals surface area contributed by atoms with Gasteiger partial charge in [-0.15, -0.1) is 0 Å². The monoisotopic (exact) mass is 1350 g/mol. The van der Waals surface area contributed by atoms with Crippen LogP contribution >= 0.6 is 0 Å². The molecule has 8 nitrogen and oxygen atoms in total. The van der Waals surface area contributed by atoms with Crippen LogP contribution < -0.4 is 37.7 Å². The lowest BCUT2D eigenvalue weighted by Gasteiger charge is -2.36. The molecule has 0 bridgehead atoms. The van der Waals surface area contributed by atoms with Gasteiger partial charge in [-0.3, -0.25) is 0 Å². The van der Waals surface area contributed by atoms with Crippen molar-refractivity contribution in [3.8, 4) is 56.5 Å². The van der Waals surface area contributed by atoms with Crippen LogP contribution in [0.3, 0.4) is 0 Å². The van der Waals surface area contributed by atoms with Crippen LogP contribution in [0.2, 0.25) is 0 Å². The van der Waals surface area contributed by atoms with Crippen molar-refractivity contribution in [3.63, 3.8) is 0 Å². The van der Waals surface area contributed by atoms with Gasteiger partial charge in [0.1, 0.15) is 11.1 Å². The molecular weight excluding hydrogens is 1290 g/mol. The van der Waals surface area contributed by atoms with Crippen LogP contribution in [-0.2, 0) is 5.41 Å². The third-order valence-corrected chi connectivity index (χ3v) is 25.1. The summed E-state index contributed by atoms with van der Waals surface area (Å²) in [6.45, 7) is 6.97. The first kappa shape index (κ1) is 56.2. The summed E-state index contributed by atoms with van der Waals surface area (Å²) < 4.78 is 22.9. The standard InChI is InChI=1S/C96H59B2N7O/c1-54-47-77-83-78(48-54)105-88-69(95-94(105)65-36-16-20-46-81(65)106-95)50-56(51-74(88)98(83)71-41-22-37-66-82-89(102(77)85(66)71)62-33-13-17-40-70(62)96(82,2)3)55-25-21-32-60(49-55)99(57-26-7-4-8-27-57)61-52-79-84-80(53-61)104-87-68(93-91(104)64-35-15-19-45-76(64)101(93)59-30-11-6-12-31-59)39-24-43-73(87)97(84)72-42-23-38-67-86(72)103(79)90-63-34-14-18-44-75(63)100(92(67)90)58-28-9-5-10-29-58/h4-53H,1-3H3. The van der Waals surface area contributed by atoms with E-state index in [2.05, 4.69) is 356 Å². The average molecular weight is 1350 g/mol. The van der Waals surface area contributed by atoms with Gasteiger partial charge in [0.05, 0.1) is 61.0 Å². The van der Waals surface area contributed by atoms with Gasteiger partial charge < -0.3 is 36.7 Å². The number of rotatable bonds is 6. The van der Waals surface area contributed by atoms with Gasteiger partial charge in [-0.1, -0.05) is 214 Å². The van der Waals surface area contributed by atoms with Crippen molar-refractivity contribution in [2.75, 3.05) is 4.90 Å². The van der Waals surface area contributed by atoms with Gasteiger partial charge in [-0.05, 0) is 171 Å². The Labute approximate surface area is 608 Å². The lowest BCUT2D eigenvalue weighted by molar-refractivity contribution is 0.666. The van der Waals surface area contributed by atoms with E-state index in [4.69, 9.17) is 4.42 Å². The predicted octanol–water partition coefficient (Wildman–Crippen LogP) is 19.6. The van der Waals surface area contributed by atoms with Crippen molar-refractivity contribution in [1.82, 2.24) is 27.4 Å². The number of aromatic nitrogens is 6. The second kappa shape index (κ2) is 19.4. The van der Waals surface area contributed by atoms with Gasteiger partial charge in [0, 0.05) is 99.7 Å². The SMILES string of the molecule is Cc1cc2c3c(c1)-n1c4c(cc(-c5cccc(N(c6ccccc6)c6cc7c8c(c6)-n6c9c(cccc9c9c6c6ccccc6n9-c6ccccc6)B8c6cccc8c6n-7c6c7ccccc7n(-c7ccccc7)c86)c5)cc4c4oc5ccccc5c41)B3c1cccc3c4c(n-2c13)-c1ccccc1C4(C)C. The van der Waals surface area contributed by atoms with E-state index in [0.717, 1.165) is 67.0 Å². The molecule has 490 valence electrons. The molecule has 0 saturated heterocycles. The van der Waals surface area contributed by atoms with Gasteiger partial charge in [0.2, 0.25) is 0 Å². The molecule has 5 aliphatic rings. The summed E-state index contributed by atoms with van der Waals surface area (Å²) in [5.41, 5.74) is 41.9. The summed E-state index contributed by atoms with van der Waals surface area (Å²) in [6.07, 6.45) is 0. The molecular formula is C96H59B2N7O. The van der Waals surface area contributed by atoms with Crippen molar-refractivity contribution in [2.45, 2.75) is 26.2 Å². The molecule has 0 atom stereocenters. The zero-order chi connectivity index (χ0) is 69.0. The van der Waals surface area contributed by atoms with Crippen molar-refractivity contribution in [1.29, 1.82) is 0 Å². The Hall–Kier alpha value is -13.4. The molecule has 0 spiro atoms. The number of furan rings is 1. The maximum absolute atomic E-state index is 7.25. The van der Waals surface area contributed by atoms with Crippen molar-refractivity contribution in [3.05, 3.63) is 320 Å². The van der Waals surface area contributed by atoms with E-state index in [1.807, 2.05) is 0 Å². The van der Waals surface area contributed by atoms with Crippen LogP contribution in [0.1, 0.15) is 30.5 Å². The largest absolute Gasteiger partial charge is 0.454 e. The topological polar surface area (TPSA) is 46.0 Å². The lowest BCUT2D eigenvalue weighted by Crippen LogP contribution is -2.59. The smallest absolute Gasteiger partial charge is 0.252 e. The molecule has 7 aromatic heterocycles. The molecule has 0 fully saturated rings. The van der Waals surface area contributed by atoms with Gasteiger partial charge in [0.25, 0.3) is 13.4 Å². The minimum absolute atomic E-state index is 0.0763. The third-order valence-electron chi connectivity index (χ3n) is 25.1. The average Bonchev–Trinajstić information content (AvgIpc) is 1.48. The maximum Gasteiger partial charge on any atom is 0.252 e.